The molecule has 1 aliphatic heterocycles. The third kappa shape index (κ3) is 4.53. The first kappa shape index (κ1) is 24.2. The number of aliphatic imine (C=N–C) groups is 1. The molecule has 0 bridgehead atoms. The molecule has 1 aliphatic rings. The van der Waals surface area contributed by atoms with Crippen LogP contribution in [0.2, 0.25) is 10.0 Å². The monoisotopic (exact) mass is 523 g/mol. The smallest absolute Gasteiger partial charge is 0.265 e. The van der Waals surface area contributed by atoms with Gasteiger partial charge in [0.1, 0.15) is 5.75 Å². The van der Waals surface area contributed by atoms with Gasteiger partial charge in [0.15, 0.2) is 0 Å². The van der Waals surface area contributed by atoms with Gasteiger partial charge in [-0.3, -0.25) is 9.79 Å². The average molecular weight is 524 g/mol. The number of hydrogen-bond acceptors (Lipinski definition) is 6. The standard InChI is InChI=1S/C27H23Cl2N3O4/c1-35-25-9-7-18(15-22(25)29)30-16-21-19-4-2-3-5-20(19)26(33)32(27(21)34)24-14-17(28)6-8-23(24)31-10-12-36-13-11-31/h2-9,14-16,34H,10-13H2,1H3. The number of benzene rings is 3. The summed E-state index contributed by atoms with van der Waals surface area (Å²) in [4.78, 5) is 20.3. The number of rotatable bonds is 5. The van der Waals surface area contributed by atoms with Gasteiger partial charge in [0.2, 0.25) is 5.88 Å². The molecule has 0 atom stereocenters. The summed E-state index contributed by atoms with van der Waals surface area (Å²) in [6.07, 6.45) is 1.53. The Morgan fingerprint density at radius 1 is 1.00 bits per heavy atom. The van der Waals surface area contributed by atoms with Crippen LogP contribution in [-0.4, -0.2) is 49.3 Å². The molecule has 184 valence electrons. The zero-order chi connectivity index (χ0) is 25.2. The Kier molecular flexibility index (Phi) is 6.87. The molecule has 0 radical (unpaired) electrons. The van der Waals surface area contributed by atoms with Gasteiger partial charge in [0, 0.05) is 35.1 Å². The second-order valence-corrected chi connectivity index (χ2v) is 9.08. The zero-order valence-electron chi connectivity index (χ0n) is 19.4. The Hall–Kier alpha value is -3.52. The van der Waals surface area contributed by atoms with E-state index in [2.05, 4.69) is 9.89 Å². The molecule has 1 aromatic heterocycles. The van der Waals surface area contributed by atoms with Gasteiger partial charge in [-0.05, 0) is 42.5 Å². The third-order valence-corrected chi connectivity index (χ3v) is 6.64. The maximum atomic E-state index is 13.7. The largest absolute Gasteiger partial charge is 0.495 e. The average Bonchev–Trinajstić information content (AvgIpc) is 2.89. The summed E-state index contributed by atoms with van der Waals surface area (Å²) in [6, 6.07) is 17.6. The minimum atomic E-state index is -0.357. The van der Waals surface area contributed by atoms with E-state index in [-0.39, 0.29) is 11.4 Å². The molecule has 1 N–H and O–H groups in total. The van der Waals surface area contributed by atoms with Gasteiger partial charge in [-0.1, -0.05) is 41.4 Å². The molecular weight excluding hydrogens is 501 g/mol. The SMILES string of the molecule is COc1ccc(N=Cc2c(O)n(-c3cc(Cl)ccc3N3CCOCC3)c(=O)c3ccccc23)cc1Cl. The highest BCUT2D eigenvalue weighted by atomic mass is 35.5. The number of morpholine rings is 1. The molecule has 0 spiro atoms. The number of nitrogens with zero attached hydrogens (tertiary/aromatic N) is 3. The number of halogens is 2. The van der Waals surface area contributed by atoms with Crippen LogP contribution in [0.1, 0.15) is 5.56 Å². The number of fused-ring (bicyclic) bond motifs is 1. The fourth-order valence-electron chi connectivity index (χ4n) is 4.33. The van der Waals surface area contributed by atoms with Crippen molar-refractivity contribution < 1.29 is 14.6 Å². The normalized spacial score (nSPS) is 14.0. The molecule has 7 nitrogen and oxygen atoms in total. The molecule has 1 fully saturated rings. The fourth-order valence-corrected chi connectivity index (χ4v) is 4.75. The highest BCUT2D eigenvalue weighted by molar-refractivity contribution is 6.32. The van der Waals surface area contributed by atoms with E-state index in [1.807, 2.05) is 12.1 Å². The number of pyridine rings is 1. The second-order valence-electron chi connectivity index (χ2n) is 8.23. The van der Waals surface area contributed by atoms with Crippen LogP contribution >= 0.6 is 23.2 Å². The van der Waals surface area contributed by atoms with Crippen LogP contribution in [0.3, 0.4) is 0 Å². The predicted octanol–water partition coefficient (Wildman–Crippen LogP) is 5.60. The van der Waals surface area contributed by atoms with Crippen molar-refractivity contribution in [2.24, 2.45) is 4.99 Å². The van der Waals surface area contributed by atoms with Gasteiger partial charge in [-0.15, -0.1) is 0 Å². The zero-order valence-corrected chi connectivity index (χ0v) is 21.0. The molecule has 2 heterocycles. The van der Waals surface area contributed by atoms with Crippen molar-refractivity contribution in [1.29, 1.82) is 0 Å². The van der Waals surface area contributed by atoms with Crippen LogP contribution in [0.25, 0.3) is 16.5 Å². The third-order valence-electron chi connectivity index (χ3n) is 6.11. The number of hydrogen-bond donors (Lipinski definition) is 1. The first-order chi connectivity index (χ1) is 17.5. The van der Waals surface area contributed by atoms with Crippen LogP contribution in [-0.2, 0) is 4.74 Å². The number of anilines is 1. The minimum Gasteiger partial charge on any atom is -0.495 e. The maximum Gasteiger partial charge on any atom is 0.265 e. The van der Waals surface area contributed by atoms with Crippen molar-refractivity contribution in [2.75, 3.05) is 38.3 Å². The van der Waals surface area contributed by atoms with Gasteiger partial charge in [0.25, 0.3) is 5.56 Å². The van der Waals surface area contributed by atoms with Crippen LogP contribution in [0.15, 0.2) is 70.5 Å². The van der Waals surface area contributed by atoms with E-state index in [0.717, 1.165) is 5.69 Å². The Bertz CT molecular complexity index is 1530. The second kappa shape index (κ2) is 10.2. The maximum absolute atomic E-state index is 13.7. The Morgan fingerprint density at radius 3 is 2.47 bits per heavy atom. The lowest BCUT2D eigenvalue weighted by molar-refractivity contribution is 0.122. The van der Waals surface area contributed by atoms with Crippen molar-refractivity contribution >= 4 is 51.6 Å². The van der Waals surface area contributed by atoms with Crippen molar-refractivity contribution in [3.63, 3.8) is 0 Å². The molecule has 4 aromatic rings. The number of aromatic nitrogens is 1. The summed E-state index contributed by atoms with van der Waals surface area (Å²) >= 11 is 12.6. The van der Waals surface area contributed by atoms with Gasteiger partial charge in [0.05, 0.1) is 48.0 Å². The quantitative estimate of drug-likeness (QED) is 0.344. The molecule has 0 aliphatic carbocycles. The lowest BCUT2D eigenvalue weighted by Crippen LogP contribution is -2.37. The van der Waals surface area contributed by atoms with Crippen molar-refractivity contribution in [3.8, 4) is 17.3 Å². The van der Waals surface area contributed by atoms with Gasteiger partial charge < -0.3 is 19.5 Å². The van der Waals surface area contributed by atoms with Gasteiger partial charge in [-0.25, -0.2) is 4.57 Å². The molecule has 5 rings (SSSR count). The Labute approximate surface area is 217 Å². The summed E-state index contributed by atoms with van der Waals surface area (Å²) in [7, 11) is 1.54. The summed E-state index contributed by atoms with van der Waals surface area (Å²) in [6.45, 7) is 2.46. The number of methoxy groups -OCH3 is 1. The van der Waals surface area contributed by atoms with Crippen molar-refractivity contribution in [2.45, 2.75) is 0 Å². The minimum absolute atomic E-state index is 0.237. The topological polar surface area (TPSA) is 76.3 Å². The van der Waals surface area contributed by atoms with E-state index in [4.69, 9.17) is 32.7 Å². The summed E-state index contributed by atoms with van der Waals surface area (Å²) in [5, 5.41) is 13.4. The van der Waals surface area contributed by atoms with Crippen LogP contribution < -0.4 is 15.2 Å². The molecule has 0 amide bonds. The Balaban J connectivity index is 1.71. The first-order valence-electron chi connectivity index (χ1n) is 11.3. The summed E-state index contributed by atoms with van der Waals surface area (Å²) in [5.74, 6) is 0.299. The molecule has 9 heteroatoms. The lowest BCUT2D eigenvalue weighted by Gasteiger charge is -2.31. The van der Waals surface area contributed by atoms with E-state index in [0.29, 0.717) is 69.8 Å². The predicted molar refractivity (Wildman–Crippen MR) is 145 cm³/mol. The molecule has 0 unspecified atom stereocenters. The molecule has 0 saturated carbocycles. The van der Waals surface area contributed by atoms with Crippen molar-refractivity contribution in [3.05, 3.63) is 86.6 Å². The molecular formula is C27H23Cl2N3O4. The molecule has 3 aromatic carbocycles. The van der Waals surface area contributed by atoms with E-state index < -0.39 is 0 Å². The van der Waals surface area contributed by atoms with Gasteiger partial charge in [-0.2, -0.15) is 0 Å². The number of ether oxygens (including phenoxy) is 2. The van der Waals surface area contributed by atoms with Crippen LogP contribution in [0, 0.1) is 0 Å². The summed E-state index contributed by atoms with van der Waals surface area (Å²) < 4.78 is 12.0. The summed E-state index contributed by atoms with van der Waals surface area (Å²) in [5.41, 5.74) is 1.87. The Morgan fingerprint density at radius 2 is 1.75 bits per heavy atom. The van der Waals surface area contributed by atoms with Gasteiger partial charge >= 0.3 is 0 Å². The molecule has 1 saturated heterocycles. The van der Waals surface area contributed by atoms with E-state index in [1.54, 1.807) is 55.6 Å². The highest BCUT2D eigenvalue weighted by Crippen LogP contribution is 2.34. The molecule has 36 heavy (non-hydrogen) atoms. The van der Waals surface area contributed by atoms with Crippen LogP contribution in [0.5, 0.6) is 11.6 Å². The van der Waals surface area contributed by atoms with Crippen molar-refractivity contribution in [1.82, 2.24) is 4.57 Å². The first-order valence-corrected chi connectivity index (χ1v) is 12.1. The van der Waals surface area contributed by atoms with Crippen LogP contribution in [0.4, 0.5) is 11.4 Å². The van der Waals surface area contributed by atoms with E-state index in [9.17, 15) is 9.90 Å². The van der Waals surface area contributed by atoms with E-state index >= 15 is 0 Å². The number of aromatic hydroxyl groups is 1. The van der Waals surface area contributed by atoms with E-state index in [1.165, 1.54) is 10.8 Å². The fraction of sp³-hybridized carbons (Fsp3) is 0.185. The highest BCUT2D eigenvalue weighted by Gasteiger charge is 2.22. The lowest BCUT2D eigenvalue weighted by atomic mass is 10.1.